The van der Waals surface area contributed by atoms with Gasteiger partial charge in [0.1, 0.15) is 4.47 Å². The van der Waals surface area contributed by atoms with Crippen molar-refractivity contribution in [3.05, 3.63) is 41.8 Å². The Morgan fingerprint density at radius 2 is 2.24 bits per heavy atom. The third-order valence-corrected chi connectivity index (χ3v) is 4.55. The lowest BCUT2D eigenvalue weighted by molar-refractivity contribution is 0.703. The van der Waals surface area contributed by atoms with Crippen molar-refractivity contribution < 1.29 is 0 Å². The lowest BCUT2D eigenvalue weighted by Gasteiger charge is -2.07. The molecule has 1 N–H and O–H groups in total. The molecule has 2 rings (SSSR count). The van der Waals surface area contributed by atoms with Crippen molar-refractivity contribution in [3.63, 3.8) is 0 Å². The van der Waals surface area contributed by atoms with Crippen molar-refractivity contribution in [2.24, 2.45) is 7.05 Å². The topological polar surface area (TPSA) is 46.9 Å². The van der Waals surface area contributed by atoms with Gasteiger partial charge in [-0.3, -0.25) is 4.79 Å². The van der Waals surface area contributed by atoms with E-state index in [0.29, 0.717) is 16.7 Å². The van der Waals surface area contributed by atoms with Gasteiger partial charge in [-0.15, -0.1) is 11.3 Å². The van der Waals surface area contributed by atoms with E-state index in [2.05, 4.69) is 42.3 Å². The summed E-state index contributed by atoms with van der Waals surface area (Å²) in [6.07, 6.45) is 1.63. The third-order valence-electron chi connectivity index (χ3n) is 2.16. The van der Waals surface area contributed by atoms with Crippen LogP contribution in [0.15, 0.2) is 31.4 Å². The highest BCUT2D eigenvalue weighted by atomic mass is 79.9. The van der Waals surface area contributed by atoms with Crippen LogP contribution in [0.4, 0.5) is 5.69 Å². The fraction of sp³-hybridized carbons (Fsp3) is 0.200. The zero-order chi connectivity index (χ0) is 12.4. The summed E-state index contributed by atoms with van der Waals surface area (Å²) in [5.74, 6) is 0. The van der Waals surface area contributed by atoms with E-state index in [0.717, 1.165) is 3.79 Å². The highest BCUT2D eigenvalue weighted by Crippen LogP contribution is 2.23. The van der Waals surface area contributed by atoms with Crippen LogP contribution in [0.5, 0.6) is 0 Å². The summed E-state index contributed by atoms with van der Waals surface area (Å²) in [4.78, 5) is 12.8. The van der Waals surface area contributed by atoms with E-state index in [1.807, 2.05) is 12.1 Å². The van der Waals surface area contributed by atoms with Crippen molar-refractivity contribution in [2.75, 3.05) is 5.32 Å². The Morgan fingerprint density at radius 3 is 2.88 bits per heavy atom. The van der Waals surface area contributed by atoms with Gasteiger partial charge in [-0.25, -0.2) is 4.68 Å². The number of halogens is 2. The number of nitrogens with one attached hydrogen (secondary N) is 1. The summed E-state index contributed by atoms with van der Waals surface area (Å²) < 4.78 is 2.89. The minimum Gasteiger partial charge on any atom is -0.378 e. The largest absolute Gasteiger partial charge is 0.378 e. The van der Waals surface area contributed by atoms with Gasteiger partial charge >= 0.3 is 0 Å². The number of anilines is 1. The van der Waals surface area contributed by atoms with Gasteiger partial charge in [0.25, 0.3) is 5.56 Å². The van der Waals surface area contributed by atoms with Crippen molar-refractivity contribution in [3.8, 4) is 0 Å². The van der Waals surface area contributed by atoms with Gasteiger partial charge in [-0.1, -0.05) is 0 Å². The zero-order valence-corrected chi connectivity index (χ0v) is 12.9. The van der Waals surface area contributed by atoms with E-state index < -0.39 is 0 Å². The van der Waals surface area contributed by atoms with Crippen LogP contribution in [0.1, 0.15) is 4.88 Å². The predicted octanol–water partition coefficient (Wildman–Crippen LogP) is 2.98. The number of hydrogen-bond donors (Lipinski definition) is 1. The SMILES string of the molecule is Cn1ncc(NCc2ccc(Br)s2)c(Br)c1=O. The number of aromatic nitrogens is 2. The first-order valence-electron chi connectivity index (χ1n) is 4.78. The zero-order valence-electron chi connectivity index (χ0n) is 8.91. The molecule has 0 spiro atoms. The quantitative estimate of drug-likeness (QED) is 0.892. The van der Waals surface area contributed by atoms with Gasteiger partial charge in [0, 0.05) is 18.5 Å². The maximum Gasteiger partial charge on any atom is 0.282 e. The summed E-state index contributed by atoms with van der Waals surface area (Å²) in [6.45, 7) is 0.670. The second kappa shape index (κ2) is 5.32. The first kappa shape index (κ1) is 12.8. The molecule has 0 fully saturated rings. The Morgan fingerprint density at radius 1 is 1.47 bits per heavy atom. The van der Waals surface area contributed by atoms with E-state index in [-0.39, 0.29) is 5.56 Å². The summed E-state index contributed by atoms with van der Waals surface area (Å²) in [5.41, 5.74) is 0.556. The normalized spacial score (nSPS) is 10.5. The molecule has 90 valence electrons. The number of nitrogens with zero attached hydrogens (tertiary/aromatic N) is 2. The van der Waals surface area contributed by atoms with E-state index in [9.17, 15) is 4.79 Å². The first-order chi connectivity index (χ1) is 8.08. The van der Waals surface area contributed by atoms with Crippen LogP contribution in [0.2, 0.25) is 0 Å². The lowest BCUT2D eigenvalue weighted by atomic mass is 10.4. The van der Waals surface area contributed by atoms with Crippen LogP contribution < -0.4 is 10.9 Å². The van der Waals surface area contributed by atoms with Crippen LogP contribution in [0.25, 0.3) is 0 Å². The van der Waals surface area contributed by atoms with Crippen LogP contribution in [-0.4, -0.2) is 9.78 Å². The van der Waals surface area contributed by atoms with Gasteiger partial charge in [-0.2, -0.15) is 5.10 Å². The van der Waals surface area contributed by atoms with Gasteiger partial charge < -0.3 is 5.32 Å². The maximum atomic E-state index is 11.6. The Hall–Kier alpha value is -0.660. The summed E-state index contributed by atoms with van der Waals surface area (Å²) in [6, 6.07) is 4.03. The molecule has 0 radical (unpaired) electrons. The standard InChI is InChI=1S/C10H9Br2N3OS/c1-15-10(16)9(12)7(5-14-15)13-4-6-2-3-8(11)17-6/h2-3,5,13H,4H2,1H3. The Bertz CT molecular complexity index is 593. The van der Waals surface area contributed by atoms with Crippen molar-refractivity contribution >= 4 is 48.9 Å². The molecule has 0 atom stereocenters. The minimum atomic E-state index is -0.151. The van der Waals surface area contributed by atoms with Crippen molar-refractivity contribution in [2.45, 2.75) is 6.54 Å². The van der Waals surface area contributed by atoms with Crippen LogP contribution in [0, 0.1) is 0 Å². The second-order valence-electron chi connectivity index (χ2n) is 3.36. The number of rotatable bonds is 3. The van der Waals surface area contributed by atoms with Crippen molar-refractivity contribution in [1.82, 2.24) is 9.78 Å². The molecule has 0 aliphatic rings. The van der Waals surface area contributed by atoms with E-state index in [1.54, 1.807) is 24.6 Å². The molecule has 2 aromatic heterocycles. The number of aryl methyl sites for hydroxylation is 1. The van der Waals surface area contributed by atoms with Gasteiger partial charge in [-0.05, 0) is 44.0 Å². The Kier molecular flexibility index (Phi) is 4.01. The molecule has 0 aliphatic carbocycles. The highest BCUT2D eigenvalue weighted by molar-refractivity contribution is 9.11. The second-order valence-corrected chi connectivity index (χ2v) is 6.70. The summed E-state index contributed by atoms with van der Waals surface area (Å²) >= 11 is 8.33. The van der Waals surface area contributed by atoms with Gasteiger partial charge in [0.05, 0.1) is 15.7 Å². The molecule has 0 aromatic carbocycles. The van der Waals surface area contributed by atoms with E-state index in [4.69, 9.17) is 0 Å². The predicted molar refractivity (Wildman–Crippen MR) is 76.5 cm³/mol. The molecule has 4 nitrogen and oxygen atoms in total. The molecule has 0 aliphatic heterocycles. The fourth-order valence-corrected chi connectivity index (χ4v) is 3.19. The Labute approximate surface area is 119 Å². The number of hydrogen-bond acceptors (Lipinski definition) is 4. The number of thiophene rings is 1. The van der Waals surface area contributed by atoms with Gasteiger partial charge in [0.15, 0.2) is 0 Å². The average Bonchev–Trinajstić information content (AvgIpc) is 2.71. The molecule has 0 bridgehead atoms. The molecular weight excluding hydrogens is 370 g/mol. The maximum absolute atomic E-state index is 11.6. The lowest BCUT2D eigenvalue weighted by Crippen LogP contribution is -2.21. The average molecular weight is 379 g/mol. The molecule has 17 heavy (non-hydrogen) atoms. The van der Waals surface area contributed by atoms with Crippen LogP contribution in [0.3, 0.4) is 0 Å². The highest BCUT2D eigenvalue weighted by Gasteiger charge is 2.06. The minimum absolute atomic E-state index is 0.151. The molecule has 2 heterocycles. The smallest absolute Gasteiger partial charge is 0.282 e. The van der Waals surface area contributed by atoms with Gasteiger partial charge in [0.2, 0.25) is 0 Å². The van der Waals surface area contributed by atoms with Crippen molar-refractivity contribution in [1.29, 1.82) is 0 Å². The third kappa shape index (κ3) is 2.97. The molecular formula is C10H9Br2N3OS. The first-order valence-corrected chi connectivity index (χ1v) is 7.18. The summed E-state index contributed by atoms with van der Waals surface area (Å²) in [7, 11) is 1.62. The monoisotopic (exact) mass is 377 g/mol. The van der Waals surface area contributed by atoms with Crippen LogP contribution in [-0.2, 0) is 13.6 Å². The molecule has 0 unspecified atom stereocenters. The van der Waals surface area contributed by atoms with E-state index >= 15 is 0 Å². The Balaban J connectivity index is 2.15. The molecule has 0 saturated carbocycles. The summed E-state index contributed by atoms with van der Waals surface area (Å²) in [5, 5.41) is 7.14. The molecule has 2 aromatic rings. The molecule has 7 heteroatoms. The van der Waals surface area contributed by atoms with E-state index in [1.165, 1.54) is 9.56 Å². The fourth-order valence-electron chi connectivity index (χ4n) is 1.26. The van der Waals surface area contributed by atoms with Crippen LogP contribution >= 0.6 is 43.2 Å². The molecule has 0 saturated heterocycles. The molecule has 0 amide bonds.